The van der Waals surface area contributed by atoms with Gasteiger partial charge in [0.15, 0.2) is 0 Å². The largest absolute Gasteiger partial charge is 0.103 e. The van der Waals surface area contributed by atoms with Gasteiger partial charge in [-0.05, 0) is 66.6 Å². The molecule has 4 atom stereocenters. The van der Waals surface area contributed by atoms with Gasteiger partial charge >= 0.3 is 0 Å². The van der Waals surface area contributed by atoms with Gasteiger partial charge in [-0.3, -0.25) is 0 Å². The molecule has 0 bridgehead atoms. The minimum Gasteiger partial charge on any atom is -0.103 e. The Kier molecular flexibility index (Phi) is 3.23. The molecule has 20 heavy (non-hydrogen) atoms. The molecule has 0 heterocycles. The first-order valence-corrected chi connectivity index (χ1v) is 8.63. The minimum atomic E-state index is 0.357. The average Bonchev–Trinajstić information content (AvgIpc) is 2.37. The molecule has 1 unspecified atom stereocenters. The molecule has 3 rings (SSSR count). The van der Waals surface area contributed by atoms with Gasteiger partial charge in [0.05, 0.1) is 0 Å². The predicted molar refractivity (Wildman–Crippen MR) is 87.6 cm³/mol. The van der Waals surface area contributed by atoms with Gasteiger partial charge < -0.3 is 0 Å². The summed E-state index contributed by atoms with van der Waals surface area (Å²) in [4.78, 5) is 0. The van der Waals surface area contributed by atoms with E-state index < -0.39 is 0 Å². The summed E-state index contributed by atoms with van der Waals surface area (Å²) in [6.07, 6.45) is 14.5. The van der Waals surface area contributed by atoms with Crippen LogP contribution in [0, 0.1) is 28.1 Å². The highest BCUT2D eigenvalue weighted by Crippen LogP contribution is 2.63. The topological polar surface area (TPSA) is 0 Å². The van der Waals surface area contributed by atoms with Crippen LogP contribution in [0.1, 0.15) is 72.6 Å². The summed E-state index contributed by atoms with van der Waals surface area (Å²) in [7, 11) is 0. The maximum atomic E-state index is 4.09. The fourth-order valence-electron chi connectivity index (χ4n) is 5.92. The van der Waals surface area contributed by atoms with Gasteiger partial charge in [0.1, 0.15) is 0 Å². The molecule has 2 fully saturated rings. The molecule has 0 nitrogen and oxygen atoms in total. The van der Waals surface area contributed by atoms with Crippen LogP contribution in [0.2, 0.25) is 0 Å². The van der Waals surface area contributed by atoms with E-state index >= 15 is 0 Å². The zero-order valence-corrected chi connectivity index (χ0v) is 14.0. The SMILES string of the molecule is C=C[C@]1(C)CCC2C(=CC[C@H]3C(C)(C)CCC[C@]23C)C1. The van der Waals surface area contributed by atoms with Crippen LogP contribution in [0.4, 0.5) is 0 Å². The summed E-state index contributed by atoms with van der Waals surface area (Å²) in [5, 5.41) is 0. The summed E-state index contributed by atoms with van der Waals surface area (Å²) < 4.78 is 0. The highest BCUT2D eigenvalue weighted by molar-refractivity contribution is 5.24. The molecule has 0 spiro atoms. The van der Waals surface area contributed by atoms with Crippen LogP contribution in [0.25, 0.3) is 0 Å². The fraction of sp³-hybridized carbons (Fsp3) is 0.800. The van der Waals surface area contributed by atoms with Crippen molar-refractivity contribution in [2.24, 2.45) is 28.1 Å². The Morgan fingerprint density at radius 1 is 1.15 bits per heavy atom. The monoisotopic (exact) mass is 272 g/mol. The first-order valence-electron chi connectivity index (χ1n) is 8.63. The van der Waals surface area contributed by atoms with Crippen LogP contribution < -0.4 is 0 Å². The molecule has 0 aliphatic heterocycles. The Hall–Kier alpha value is -0.520. The van der Waals surface area contributed by atoms with Crippen LogP contribution in [0.5, 0.6) is 0 Å². The van der Waals surface area contributed by atoms with Crippen molar-refractivity contribution in [3.8, 4) is 0 Å². The maximum Gasteiger partial charge on any atom is -0.0112 e. The fourth-order valence-corrected chi connectivity index (χ4v) is 5.92. The van der Waals surface area contributed by atoms with Gasteiger partial charge in [0.25, 0.3) is 0 Å². The Morgan fingerprint density at radius 2 is 1.90 bits per heavy atom. The third-order valence-electron chi connectivity index (χ3n) is 7.24. The zero-order chi connectivity index (χ0) is 14.6. The molecule has 3 aliphatic carbocycles. The Balaban J connectivity index is 1.94. The first kappa shape index (κ1) is 14.4. The molecular formula is C20H32. The highest BCUT2D eigenvalue weighted by atomic mass is 14.6. The molecule has 112 valence electrons. The molecule has 3 aliphatic rings. The van der Waals surface area contributed by atoms with Crippen LogP contribution in [-0.4, -0.2) is 0 Å². The van der Waals surface area contributed by atoms with Crippen LogP contribution >= 0.6 is 0 Å². The van der Waals surface area contributed by atoms with Crippen molar-refractivity contribution >= 4 is 0 Å². The number of hydrogen-bond donors (Lipinski definition) is 0. The van der Waals surface area contributed by atoms with Gasteiger partial charge in [-0.1, -0.05) is 51.8 Å². The summed E-state index contributed by atoms with van der Waals surface area (Å²) in [6.45, 7) is 14.1. The summed E-state index contributed by atoms with van der Waals surface area (Å²) >= 11 is 0. The molecular weight excluding hydrogens is 240 g/mol. The van der Waals surface area contributed by atoms with Crippen molar-refractivity contribution in [1.82, 2.24) is 0 Å². The van der Waals surface area contributed by atoms with Crippen molar-refractivity contribution in [3.05, 3.63) is 24.3 Å². The molecule has 0 aromatic rings. The smallest absolute Gasteiger partial charge is 0.0112 e. The second-order valence-electron chi connectivity index (χ2n) is 9.04. The van der Waals surface area contributed by atoms with E-state index in [0.29, 0.717) is 16.2 Å². The second kappa shape index (κ2) is 4.49. The normalized spacial score (nSPS) is 46.9. The highest BCUT2D eigenvalue weighted by Gasteiger charge is 2.53. The van der Waals surface area contributed by atoms with Crippen molar-refractivity contribution in [3.63, 3.8) is 0 Å². The number of fused-ring (bicyclic) bond motifs is 3. The molecule has 0 aromatic heterocycles. The number of rotatable bonds is 1. The van der Waals surface area contributed by atoms with E-state index in [9.17, 15) is 0 Å². The van der Waals surface area contributed by atoms with E-state index in [1.165, 1.54) is 44.9 Å². The standard InChI is InChI=1S/C20H32/c1-6-19(4)13-10-16-15(14-19)8-9-17-18(2,3)11-7-12-20(16,17)5/h6,8,16-17H,1,7,9-14H2,2-5H3/t16?,17-,19+,20+/m0/s1. The third kappa shape index (κ3) is 2.02. The minimum absolute atomic E-state index is 0.357. The number of allylic oxidation sites excluding steroid dienone is 3. The summed E-state index contributed by atoms with van der Waals surface area (Å²) in [6, 6.07) is 0. The lowest BCUT2D eigenvalue weighted by atomic mass is 9.46. The van der Waals surface area contributed by atoms with E-state index in [1.807, 2.05) is 0 Å². The molecule has 0 radical (unpaired) electrons. The van der Waals surface area contributed by atoms with Crippen molar-refractivity contribution < 1.29 is 0 Å². The van der Waals surface area contributed by atoms with E-state index in [0.717, 1.165) is 11.8 Å². The average molecular weight is 272 g/mol. The van der Waals surface area contributed by atoms with Gasteiger partial charge in [-0.15, -0.1) is 6.58 Å². The van der Waals surface area contributed by atoms with E-state index in [4.69, 9.17) is 0 Å². The lowest BCUT2D eigenvalue weighted by Gasteiger charge is -2.59. The molecule has 0 heteroatoms. The van der Waals surface area contributed by atoms with Crippen LogP contribution in [-0.2, 0) is 0 Å². The molecule has 0 aromatic carbocycles. The van der Waals surface area contributed by atoms with Gasteiger partial charge in [-0.2, -0.15) is 0 Å². The van der Waals surface area contributed by atoms with Crippen molar-refractivity contribution in [1.29, 1.82) is 0 Å². The molecule has 0 amide bonds. The lowest BCUT2D eigenvalue weighted by molar-refractivity contribution is -0.0489. The molecule has 0 N–H and O–H groups in total. The van der Waals surface area contributed by atoms with Gasteiger partial charge in [0, 0.05) is 0 Å². The number of hydrogen-bond acceptors (Lipinski definition) is 0. The van der Waals surface area contributed by atoms with E-state index in [2.05, 4.69) is 46.4 Å². The first-order chi connectivity index (χ1) is 9.31. The van der Waals surface area contributed by atoms with Crippen molar-refractivity contribution in [2.75, 3.05) is 0 Å². The van der Waals surface area contributed by atoms with Crippen LogP contribution in [0.15, 0.2) is 24.3 Å². The van der Waals surface area contributed by atoms with Crippen molar-refractivity contribution in [2.45, 2.75) is 72.6 Å². The van der Waals surface area contributed by atoms with E-state index in [-0.39, 0.29) is 0 Å². The van der Waals surface area contributed by atoms with Gasteiger partial charge in [0.2, 0.25) is 0 Å². The Bertz CT molecular complexity index is 441. The molecule has 2 saturated carbocycles. The lowest BCUT2D eigenvalue weighted by Crippen LogP contribution is -2.50. The Labute approximate surface area is 125 Å². The summed E-state index contributed by atoms with van der Waals surface area (Å²) in [5.74, 6) is 1.75. The van der Waals surface area contributed by atoms with E-state index in [1.54, 1.807) is 5.57 Å². The van der Waals surface area contributed by atoms with Gasteiger partial charge in [-0.25, -0.2) is 0 Å². The van der Waals surface area contributed by atoms with Crippen LogP contribution in [0.3, 0.4) is 0 Å². The second-order valence-corrected chi connectivity index (χ2v) is 9.04. The third-order valence-corrected chi connectivity index (χ3v) is 7.24. The predicted octanol–water partition coefficient (Wildman–Crippen LogP) is 6.14. The Morgan fingerprint density at radius 3 is 2.60 bits per heavy atom. The summed E-state index contributed by atoms with van der Waals surface area (Å²) in [5.41, 5.74) is 3.23. The zero-order valence-electron chi connectivity index (χ0n) is 14.0. The maximum absolute atomic E-state index is 4.09. The quantitative estimate of drug-likeness (QED) is 0.503. The molecule has 0 saturated heterocycles.